The van der Waals surface area contributed by atoms with Crippen molar-refractivity contribution in [1.29, 1.82) is 0 Å². The fourth-order valence-electron chi connectivity index (χ4n) is 3.20. The molecule has 9 heteroatoms. The zero-order valence-electron chi connectivity index (χ0n) is 16.9. The Bertz CT molecular complexity index is 1010. The van der Waals surface area contributed by atoms with E-state index in [9.17, 15) is 4.79 Å². The van der Waals surface area contributed by atoms with Crippen LogP contribution in [0.25, 0.3) is 11.4 Å². The van der Waals surface area contributed by atoms with Gasteiger partial charge < -0.3 is 19.6 Å². The first kappa shape index (κ1) is 20.2. The molecule has 3 aromatic rings. The van der Waals surface area contributed by atoms with Gasteiger partial charge in [-0.1, -0.05) is 36.7 Å². The number of halogens is 1. The van der Waals surface area contributed by atoms with Gasteiger partial charge in [0, 0.05) is 54.6 Å². The van der Waals surface area contributed by atoms with E-state index in [0.29, 0.717) is 48.6 Å². The van der Waals surface area contributed by atoms with E-state index in [4.69, 9.17) is 16.1 Å². The number of hydrogen-bond acceptors (Lipinski definition) is 6. The minimum atomic E-state index is -0.127. The summed E-state index contributed by atoms with van der Waals surface area (Å²) in [6.45, 7) is 6.64. The van der Waals surface area contributed by atoms with E-state index < -0.39 is 0 Å². The van der Waals surface area contributed by atoms with Gasteiger partial charge in [-0.2, -0.15) is 4.98 Å². The van der Waals surface area contributed by atoms with Gasteiger partial charge in [0.2, 0.25) is 11.7 Å². The number of anilines is 2. The number of hydrogen-bond donors (Lipinski definition) is 1. The highest BCUT2D eigenvalue weighted by Gasteiger charge is 2.22. The number of benzene rings is 1. The lowest BCUT2D eigenvalue weighted by molar-refractivity contribution is 0.208. The van der Waals surface area contributed by atoms with Crippen molar-refractivity contribution in [2.75, 3.05) is 36.4 Å². The van der Waals surface area contributed by atoms with E-state index in [-0.39, 0.29) is 11.9 Å². The predicted molar refractivity (Wildman–Crippen MR) is 116 cm³/mol. The molecule has 0 unspecified atom stereocenters. The SMILES string of the molecule is CC(C)c1nc(-c2ccc(N3CCN(C(=O)Nc4cccc(Cl)c4)CC3)nc2)no1. The molecule has 8 nitrogen and oxygen atoms in total. The molecule has 1 aliphatic rings. The number of pyridine rings is 1. The molecule has 0 saturated carbocycles. The third-order valence-electron chi connectivity index (χ3n) is 4.91. The monoisotopic (exact) mass is 426 g/mol. The molecule has 0 radical (unpaired) electrons. The zero-order chi connectivity index (χ0) is 21.1. The van der Waals surface area contributed by atoms with Crippen LogP contribution in [0.4, 0.5) is 16.3 Å². The van der Waals surface area contributed by atoms with E-state index in [0.717, 1.165) is 11.4 Å². The van der Waals surface area contributed by atoms with Gasteiger partial charge in [-0.15, -0.1) is 0 Å². The van der Waals surface area contributed by atoms with Crippen LogP contribution in [0.15, 0.2) is 47.1 Å². The lowest BCUT2D eigenvalue weighted by Crippen LogP contribution is -2.50. The molecule has 156 valence electrons. The van der Waals surface area contributed by atoms with E-state index >= 15 is 0 Å². The van der Waals surface area contributed by atoms with Gasteiger partial charge in [0.05, 0.1) is 0 Å². The largest absolute Gasteiger partial charge is 0.353 e. The Morgan fingerprint density at radius 2 is 1.97 bits per heavy atom. The van der Waals surface area contributed by atoms with Gasteiger partial charge in [0.1, 0.15) is 5.82 Å². The van der Waals surface area contributed by atoms with Gasteiger partial charge in [-0.05, 0) is 30.3 Å². The molecular weight excluding hydrogens is 404 g/mol. The van der Waals surface area contributed by atoms with Gasteiger partial charge in [-0.25, -0.2) is 9.78 Å². The number of piperazine rings is 1. The molecule has 2 aromatic heterocycles. The van der Waals surface area contributed by atoms with Crippen LogP contribution in [0.2, 0.25) is 5.02 Å². The first-order valence-corrected chi connectivity index (χ1v) is 10.2. The quantitative estimate of drug-likeness (QED) is 0.670. The van der Waals surface area contributed by atoms with Crippen LogP contribution < -0.4 is 10.2 Å². The highest BCUT2D eigenvalue weighted by molar-refractivity contribution is 6.30. The Hall–Kier alpha value is -3.13. The summed E-state index contributed by atoms with van der Waals surface area (Å²) in [5, 5.41) is 7.50. The van der Waals surface area contributed by atoms with E-state index in [2.05, 4.69) is 25.3 Å². The molecule has 3 heterocycles. The van der Waals surface area contributed by atoms with Crippen molar-refractivity contribution in [3.63, 3.8) is 0 Å². The molecular formula is C21H23ClN6O2. The average Bonchev–Trinajstić information content (AvgIpc) is 3.25. The van der Waals surface area contributed by atoms with E-state index in [1.165, 1.54) is 0 Å². The smallest absolute Gasteiger partial charge is 0.321 e. The maximum Gasteiger partial charge on any atom is 0.321 e. The summed E-state index contributed by atoms with van der Waals surface area (Å²) < 4.78 is 5.26. The highest BCUT2D eigenvalue weighted by Crippen LogP contribution is 2.22. The summed E-state index contributed by atoms with van der Waals surface area (Å²) in [5.74, 6) is 2.20. The van der Waals surface area contributed by atoms with Crippen molar-refractivity contribution < 1.29 is 9.32 Å². The summed E-state index contributed by atoms with van der Waals surface area (Å²) >= 11 is 5.97. The third kappa shape index (κ3) is 4.54. The molecule has 0 aliphatic carbocycles. The summed E-state index contributed by atoms with van der Waals surface area (Å²) in [7, 11) is 0. The van der Waals surface area contributed by atoms with Crippen molar-refractivity contribution in [3.8, 4) is 11.4 Å². The molecule has 1 N–H and O–H groups in total. The standard InChI is InChI=1S/C21H23ClN6O2/c1-14(2)20-25-19(26-30-20)15-6-7-18(23-13-15)27-8-10-28(11-9-27)21(29)24-17-5-3-4-16(22)12-17/h3-7,12-14H,8-11H2,1-2H3,(H,24,29). The number of rotatable bonds is 4. The van der Waals surface area contributed by atoms with Crippen molar-refractivity contribution >= 4 is 29.1 Å². The van der Waals surface area contributed by atoms with Crippen molar-refractivity contribution in [2.45, 2.75) is 19.8 Å². The van der Waals surface area contributed by atoms with Crippen molar-refractivity contribution in [2.24, 2.45) is 0 Å². The van der Waals surface area contributed by atoms with Crippen LogP contribution >= 0.6 is 11.6 Å². The number of nitrogens with one attached hydrogen (secondary N) is 1. The highest BCUT2D eigenvalue weighted by atomic mass is 35.5. The summed E-state index contributed by atoms with van der Waals surface area (Å²) in [6.07, 6.45) is 1.75. The fourth-order valence-corrected chi connectivity index (χ4v) is 3.39. The van der Waals surface area contributed by atoms with Gasteiger partial charge in [0.25, 0.3) is 0 Å². The molecule has 1 fully saturated rings. The first-order valence-electron chi connectivity index (χ1n) is 9.86. The van der Waals surface area contributed by atoms with Crippen LogP contribution in [0.3, 0.4) is 0 Å². The molecule has 4 rings (SSSR count). The van der Waals surface area contributed by atoms with Crippen LogP contribution in [-0.2, 0) is 0 Å². The van der Waals surface area contributed by atoms with Crippen molar-refractivity contribution in [1.82, 2.24) is 20.0 Å². The molecule has 0 bridgehead atoms. The van der Waals surface area contributed by atoms with E-state index in [1.807, 2.05) is 38.1 Å². The number of nitrogens with zero attached hydrogens (tertiary/aromatic N) is 5. The second kappa shape index (κ2) is 8.71. The number of carbonyl (C=O) groups is 1. The fraction of sp³-hybridized carbons (Fsp3) is 0.333. The second-order valence-corrected chi connectivity index (χ2v) is 7.87. The first-order chi connectivity index (χ1) is 14.5. The predicted octanol–water partition coefficient (Wildman–Crippen LogP) is 4.26. The van der Waals surface area contributed by atoms with Crippen molar-refractivity contribution in [3.05, 3.63) is 53.5 Å². The Kier molecular flexibility index (Phi) is 5.85. The normalized spacial score (nSPS) is 14.3. The Labute approximate surface area is 179 Å². The molecule has 0 spiro atoms. The minimum Gasteiger partial charge on any atom is -0.353 e. The van der Waals surface area contributed by atoms with Gasteiger partial charge in [0.15, 0.2) is 0 Å². The number of carbonyl (C=O) groups excluding carboxylic acids is 1. The Balaban J connectivity index is 1.34. The van der Waals surface area contributed by atoms with Crippen LogP contribution in [0.1, 0.15) is 25.7 Å². The van der Waals surface area contributed by atoms with Crippen LogP contribution in [0, 0.1) is 0 Å². The molecule has 30 heavy (non-hydrogen) atoms. The molecule has 1 saturated heterocycles. The maximum absolute atomic E-state index is 12.5. The summed E-state index contributed by atoms with van der Waals surface area (Å²) in [5.41, 5.74) is 1.50. The van der Waals surface area contributed by atoms with Crippen LogP contribution in [-0.4, -0.2) is 52.2 Å². The Morgan fingerprint density at radius 3 is 2.60 bits per heavy atom. The van der Waals surface area contributed by atoms with Gasteiger partial charge in [-0.3, -0.25) is 0 Å². The zero-order valence-corrected chi connectivity index (χ0v) is 17.6. The number of urea groups is 1. The van der Waals surface area contributed by atoms with Crippen LogP contribution in [0.5, 0.6) is 0 Å². The summed E-state index contributed by atoms with van der Waals surface area (Å²) in [6, 6.07) is 10.9. The lowest BCUT2D eigenvalue weighted by Gasteiger charge is -2.35. The number of aromatic nitrogens is 3. The lowest BCUT2D eigenvalue weighted by atomic mass is 10.2. The topological polar surface area (TPSA) is 87.4 Å². The maximum atomic E-state index is 12.5. The second-order valence-electron chi connectivity index (χ2n) is 7.43. The minimum absolute atomic E-state index is 0.127. The molecule has 0 atom stereocenters. The molecule has 2 amide bonds. The molecule has 1 aromatic carbocycles. The van der Waals surface area contributed by atoms with Gasteiger partial charge >= 0.3 is 6.03 Å². The number of amides is 2. The molecule has 1 aliphatic heterocycles. The summed E-state index contributed by atoms with van der Waals surface area (Å²) in [4.78, 5) is 25.4. The third-order valence-corrected chi connectivity index (χ3v) is 5.14. The Morgan fingerprint density at radius 1 is 1.17 bits per heavy atom. The average molecular weight is 427 g/mol. The van der Waals surface area contributed by atoms with E-state index in [1.54, 1.807) is 23.2 Å².